The van der Waals surface area contributed by atoms with Crippen molar-refractivity contribution in [3.63, 3.8) is 0 Å². The third-order valence-electron chi connectivity index (χ3n) is 4.87. The Hall–Kier alpha value is -2.52. The third-order valence-corrected chi connectivity index (χ3v) is 5.73. The highest BCUT2D eigenvalue weighted by molar-refractivity contribution is 6.39. The van der Waals surface area contributed by atoms with Gasteiger partial charge >= 0.3 is 0 Å². The zero-order valence-electron chi connectivity index (χ0n) is 18.1. The van der Waals surface area contributed by atoms with E-state index in [9.17, 15) is 9.59 Å². The number of aromatic nitrogens is 2. The number of aliphatic hydroxyl groups is 1. The molecule has 0 fully saturated rings. The van der Waals surface area contributed by atoms with Crippen LogP contribution in [0, 0.1) is 12.8 Å². The predicted molar refractivity (Wildman–Crippen MR) is 128 cm³/mol. The van der Waals surface area contributed by atoms with E-state index < -0.39 is 5.92 Å². The highest BCUT2D eigenvalue weighted by Crippen LogP contribution is 2.38. The highest BCUT2D eigenvalue weighted by Gasteiger charge is 2.22. The molecule has 0 saturated heterocycles. The summed E-state index contributed by atoms with van der Waals surface area (Å²) < 4.78 is 12.8. The molecular formula is C22H22Cl3N3O5. The quantitative estimate of drug-likeness (QED) is 0.474. The lowest BCUT2D eigenvalue weighted by atomic mass is 10.1. The molecule has 3 rings (SSSR count). The summed E-state index contributed by atoms with van der Waals surface area (Å²) in [6.45, 7) is 3.34. The van der Waals surface area contributed by atoms with Gasteiger partial charge < -0.3 is 24.5 Å². The summed E-state index contributed by atoms with van der Waals surface area (Å²) in [7, 11) is 1.53. The summed E-state index contributed by atoms with van der Waals surface area (Å²) in [5.41, 5.74) is 0.867. The molecule has 1 atom stereocenters. The first-order valence-corrected chi connectivity index (χ1v) is 11.1. The number of pyridine rings is 2. The lowest BCUT2D eigenvalue weighted by molar-refractivity contribution is -0.124. The largest absolute Gasteiger partial charge is 0.491 e. The topological polar surface area (TPSA) is 103 Å². The van der Waals surface area contributed by atoms with Crippen LogP contribution in [0.4, 0.5) is 0 Å². The fourth-order valence-electron chi connectivity index (χ4n) is 3.33. The summed E-state index contributed by atoms with van der Waals surface area (Å²) in [4.78, 5) is 28.9. The van der Waals surface area contributed by atoms with Crippen molar-refractivity contribution in [1.29, 1.82) is 0 Å². The van der Waals surface area contributed by atoms with Crippen LogP contribution in [0.3, 0.4) is 0 Å². The SMILES string of the molecule is CNC(=O)C(C)COc1ncc(Cl)c2c1c(=O)cc(C)n2-c1c(Cl)cc(OCCO)cc1Cl. The average molecular weight is 515 g/mol. The molecule has 8 nitrogen and oxygen atoms in total. The first-order valence-electron chi connectivity index (χ1n) is 9.97. The van der Waals surface area contributed by atoms with Crippen LogP contribution in [-0.2, 0) is 4.79 Å². The summed E-state index contributed by atoms with van der Waals surface area (Å²) in [6.07, 6.45) is 1.36. The maximum atomic E-state index is 13.0. The Kier molecular flexibility index (Phi) is 8.07. The molecule has 1 unspecified atom stereocenters. The Morgan fingerprint density at radius 1 is 1.18 bits per heavy atom. The minimum absolute atomic E-state index is 0.00906. The second-order valence-electron chi connectivity index (χ2n) is 7.25. The smallest absolute Gasteiger partial charge is 0.227 e. The van der Waals surface area contributed by atoms with E-state index in [-0.39, 0.29) is 57.5 Å². The zero-order valence-corrected chi connectivity index (χ0v) is 20.4. The van der Waals surface area contributed by atoms with Gasteiger partial charge in [0.05, 0.1) is 45.0 Å². The van der Waals surface area contributed by atoms with Crippen molar-refractivity contribution < 1.29 is 19.4 Å². The van der Waals surface area contributed by atoms with Gasteiger partial charge in [0.2, 0.25) is 11.8 Å². The van der Waals surface area contributed by atoms with E-state index >= 15 is 0 Å². The van der Waals surface area contributed by atoms with E-state index in [2.05, 4.69) is 10.3 Å². The monoisotopic (exact) mass is 513 g/mol. The number of rotatable bonds is 8. The average Bonchev–Trinajstić information content (AvgIpc) is 2.77. The van der Waals surface area contributed by atoms with Gasteiger partial charge in [-0.15, -0.1) is 0 Å². The molecule has 2 aromatic heterocycles. The number of ether oxygens (including phenoxy) is 2. The summed E-state index contributed by atoms with van der Waals surface area (Å²) in [5, 5.41) is 12.3. The van der Waals surface area contributed by atoms with Crippen molar-refractivity contribution in [2.45, 2.75) is 13.8 Å². The number of fused-ring (bicyclic) bond motifs is 1. The molecule has 1 amide bonds. The molecule has 0 saturated carbocycles. The van der Waals surface area contributed by atoms with E-state index in [4.69, 9.17) is 49.4 Å². The molecule has 0 spiro atoms. The number of hydrogen-bond donors (Lipinski definition) is 2. The summed E-state index contributed by atoms with van der Waals surface area (Å²) >= 11 is 19.6. The Bertz CT molecular complexity index is 1240. The van der Waals surface area contributed by atoms with Crippen LogP contribution < -0.4 is 20.2 Å². The molecule has 0 aliphatic carbocycles. The van der Waals surface area contributed by atoms with Crippen LogP contribution in [0.2, 0.25) is 15.1 Å². The zero-order chi connectivity index (χ0) is 24.3. The van der Waals surface area contributed by atoms with E-state index in [0.717, 1.165) is 0 Å². The second kappa shape index (κ2) is 10.6. The number of nitrogens with zero attached hydrogens (tertiary/aromatic N) is 2. The Morgan fingerprint density at radius 3 is 2.45 bits per heavy atom. The van der Waals surface area contributed by atoms with Gasteiger partial charge in [0, 0.05) is 30.9 Å². The number of aryl methyl sites for hydroxylation is 1. The van der Waals surface area contributed by atoms with Gasteiger partial charge in [-0.2, -0.15) is 0 Å². The van der Waals surface area contributed by atoms with Crippen molar-refractivity contribution in [3.8, 4) is 17.3 Å². The van der Waals surface area contributed by atoms with Crippen LogP contribution in [0.5, 0.6) is 11.6 Å². The van der Waals surface area contributed by atoms with Crippen LogP contribution in [-0.4, -0.2) is 47.4 Å². The first-order chi connectivity index (χ1) is 15.7. The van der Waals surface area contributed by atoms with Crippen LogP contribution in [0.1, 0.15) is 12.6 Å². The Labute approximate surface area is 205 Å². The summed E-state index contributed by atoms with van der Waals surface area (Å²) in [6, 6.07) is 4.51. The van der Waals surface area contributed by atoms with Gasteiger partial charge in [-0.1, -0.05) is 41.7 Å². The highest BCUT2D eigenvalue weighted by atomic mass is 35.5. The van der Waals surface area contributed by atoms with Gasteiger partial charge in [-0.3, -0.25) is 9.59 Å². The van der Waals surface area contributed by atoms with Gasteiger partial charge in [-0.05, 0) is 6.92 Å². The first kappa shape index (κ1) is 25.1. The lowest BCUT2D eigenvalue weighted by Crippen LogP contribution is -2.29. The van der Waals surface area contributed by atoms with Gasteiger partial charge in [0.15, 0.2) is 5.43 Å². The number of aliphatic hydroxyl groups excluding tert-OH is 1. The predicted octanol–water partition coefficient (Wildman–Crippen LogP) is 3.79. The fourth-order valence-corrected chi connectivity index (χ4v) is 4.20. The Morgan fingerprint density at radius 2 is 1.85 bits per heavy atom. The minimum Gasteiger partial charge on any atom is -0.491 e. The van der Waals surface area contributed by atoms with Crippen LogP contribution in [0.25, 0.3) is 16.6 Å². The number of hydrogen-bond acceptors (Lipinski definition) is 6. The number of benzene rings is 1. The molecule has 2 heterocycles. The summed E-state index contributed by atoms with van der Waals surface area (Å²) in [5.74, 6) is -0.251. The molecule has 0 bridgehead atoms. The van der Waals surface area contributed by atoms with Crippen LogP contribution in [0.15, 0.2) is 29.2 Å². The molecule has 0 aliphatic heterocycles. The molecule has 11 heteroatoms. The lowest BCUT2D eigenvalue weighted by Gasteiger charge is -2.20. The molecule has 0 radical (unpaired) electrons. The van der Waals surface area contributed by atoms with E-state index in [1.807, 2.05) is 0 Å². The van der Waals surface area contributed by atoms with Crippen LogP contribution >= 0.6 is 34.8 Å². The normalized spacial score (nSPS) is 12.0. The van der Waals surface area contributed by atoms with Gasteiger partial charge in [0.25, 0.3) is 0 Å². The number of nitrogens with one attached hydrogen (secondary N) is 1. The standard InChI is InChI=1S/C22H22Cl3N3O5/c1-11(21(31)26-3)10-33-22-18-17(30)6-12(2)28(20(18)16(25)9-27-22)19-14(23)7-13(8-15(19)24)32-5-4-29/h6-9,11,29H,4-5,10H2,1-3H3,(H,26,31). The number of halogens is 3. The molecule has 2 N–H and O–H groups in total. The molecule has 3 aromatic rings. The van der Waals surface area contributed by atoms with Crippen molar-refractivity contribution in [2.75, 3.05) is 26.9 Å². The van der Waals surface area contributed by atoms with E-state index in [1.54, 1.807) is 30.5 Å². The number of carbonyl (C=O) groups is 1. The van der Waals surface area contributed by atoms with Gasteiger partial charge in [0.1, 0.15) is 24.3 Å². The maximum Gasteiger partial charge on any atom is 0.227 e. The van der Waals surface area contributed by atoms with Crippen molar-refractivity contribution in [2.24, 2.45) is 5.92 Å². The Balaban J connectivity index is 2.20. The minimum atomic E-state index is -0.467. The molecule has 33 heavy (non-hydrogen) atoms. The fraction of sp³-hybridized carbons (Fsp3) is 0.318. The van der Waals surface area contributed by atoms with E-state index in [1.165, 1.54) is 19.3 Å². The number of amides is 1. The molecule has 176 valence electrons. The van der Waals surface area contributed by atoms with E-state index in [0.29, 0.717) is 22.6 Å². The second-order valence-corrected chi connectivity index (χ2v) is 8.48. The molecule has 0 aliphatic rings. The van der Waals surface area contributed by atoms with Crippen molar-refractivity contribution >= 4 is 51.6 Å². The van der Waals surface area contributed by atoms with Crippen molar-refractivity contribution in [3.05, 3.63) is 55.4 Å². The molecule has 1 aromatic carbocycles. The third kappa shape index (κ3) is 5.19. The number of carbonyl (C=O) groups excluding carboxylic acids is 1. The molecular weight excluding hydrogens is 493 g/mol. The van der Waals surface area contributed by atoms with Gasteiger partial charge in [-0.25, -0.2) is 4.98 Å². The maximum absolute atomic E-state index is 13.0. The van der Waals surface area contributed by atoms with Crippen molar-refractivity contribution in [1.82, 2.24) is 14.9 Å².